The smallest absolute Gasteiger partial charge is 0.223 e. The van der Waals surface area contributed by atoms with Crippen molar-refractivity contribution in [3.8, 4) is 5.75 Å². The van der Waals surface area contributed by atoms with Gasteiger partial charge in [0.25, 0.3) is 0 Å². The third kappa shape index (κ3) is 3.06. The summed E-state index contributed by atoms with van der Waals surface area (Å²) in [7, 11) is 1.56. The van der Waals surface area contributed by atoms with Crippen molar-refractivity contribution in [2.45, 2.75) is 32.4 Å². The molecule has 2 N–H and O–H groups in total. The molecule has 0 saturated carbocycles. The highest BCUT2D eigenvalue weighted by Gasteiger charge is 2.24. The molecule has 0 bridgehead atoms. The predicted molar refractivity (Wildman–Crippen MR) is 58.0 cm³/mol. The lowest BCUT2D eigenvalue weighted by Gasteiger charge is -2.29. The molecule has 0 spiro atoms. The van der Waals surface area contributed by atoms with Gasteiger partial charge in [-0.3, -0.25) is 0 Å². The molecule has 0 amide bonds. The number of aliphatic hydroxyl groups excluding tert-OH is 1. The maximum absolute atomic E-state index is 9.50. The van der Waals surface area contributed by atoms with E-state index in [1.807, 2.05) is 13.8 Å². The standard InChI is InChI=1S/C10H17N3O2/c1-7(14)10(2,3)13-9-11-5-8(15-4)6-12-9/h5-7,14H,1-4H3,(H,11,12,13). The molecule has 1 aromatic rings. The summed E-state index contributed by atoms with van der Waals surface area (Å²) in [6.07, 6.45) is 2.66. The number of ether oxygens (including phenoxy) is 1. The van der Waals surface area contributed by atoms with Crippen LogP contribution in [0.1, 0.15) is 20.8 Å². The van der Waals surface area contributed by atoms with Gasteiger partial charge < -0.3 is 15.2 Å². The van der Waals surface area contributed by atoms with Crippen molar-refractivity contribution in [1.29, 1.82) is 0 Å². The average Bonchev–Trinajstić information content (AvgIpc) is 2.18. The number of hydrogen-bond acceptors (Lipinski definition) is 5. The summed E-state index contributed by atoms with van der Waals surface area (Å²) in [6.45, 7) is 5.48. The number of rotatable bonds is 4. The molecule has 1 heterocycles. The van der Waals surface area contributed by atoms with Crippen LogP contribution in [0.5, 0.6) is 5.75 Å². The van der Waals surface area contributed by atoms with Gasteiger partial charge in [0.05, 0.1) is 31.1 Å². The van der Waals surface area contributed by atoms with Gasteiger partial charge in [0.15, 0.2) is 5.75 Å². The summed E-state index contributed by atoms with van der Waals surface area (Å²) in [5.74, 6) is 1.08. The van der Waals surface area contributed by atoms with Gasteiger partial charge in [-0.2, -0.15) is 0 Å². The molecule has 5 heteroatoms. The highest BCUT2D eigenvalue weighted by atomic mass is 16.5. The van der Waals surface area contributed by atoms with Crippen molar-refractivity contribution in [1.82, 2.24) is 9.97 Å². The van der Waals surface area contributed by atoms with Crippen LogP contribution in [-0.4, -0.2) is 33.8 Å². The lowest BCUT2D eigenvalue weighted by molar-refractivity contribution is 0.132. The first-order valence-corrected chi connectivity index (χ1v) is 4.78. The molecule has 1 aromatic heterocycles. The monoisotopic (exact) mass is 211 g/mol. The first kappa shape index (κ1) is 11.7. The fourth-order valence-electron chi connectivity index (χ4n) is 0.879. The largest absolute Gasteiger partial charge is 0.494 e. The lowest BCUT2D eigenvalue weighted by Crippen LogP contribution is -2.42. The van der Waals surface area contributed by atoms with Crippen molar-refractivity contribution in [2.24, 2.45) is 0 Å². The number of hydrogen-bond donors (Lipinski definition) is 2. The second-order valence-electron chi connectivity index (χ2n) is 3.97. The van der Waals surface area contributed by atoms with Crippen molar-refractivity contribution in [2.75, 3.05) is 12.4 Å². The van der Waals surface area contributed by atoms with Gasteiger partial charge in [0.2, 0.25) is 5.95 Å². The number of anilines is 1. The van der Waals surface area contributed by atoms with Crippen molar-refractivity contribution < 1.29 is 9.84 Å². The van der Waals surface area contributed by atoms with E-state index in [-0.39, 0.29) is 0 Å². The molecular weight excluding hydrogens is 194 g/mol. The Morgan fingerprint density at radius 2 is 1.93 bits per heavy atom. The molecule has 0 saturated heterocycles. The van der Waals surface area contributed by atoms with Gasteiger partial charge in [-0.15, -0.1) is 0 Å². The van der Waals surface area contributed by atoms with E-state index in [0.717, 1.165) is 0 Å². The third-order valence-electron chi connectivity index (χ3n) is 2.34. The van der Waals surface area contributed by atoms with Crippen molar-refractivity contribution in [3.63, 3.8) is 0 Å². The summed E-state index contributed by atoms with van der Waals surface area (Å²) >= 11 is 0. The topological polar surface area (TPSA) is 67.3 Å². The Balaban J connectivity index is 2.73. The first-order chi connectivity index (χ1) is 6.95. The molecule has 15 heavy (non-hydrogen) atoms. The minimum Gasteiger partial charge on any atom is -0.494 e. The van der Waals surface area contributed by atoms with Gasteiger partial charge in [-0.1, -0.05) is 0 Å². The van der Waals surface area contributed by atoms with E-state index >= 15 is 0 Å². The zero-order valence-electron chi connectivity index (χ0n) is 9.48. The van der Waals surface area contributed by atoms with Crippen LogP contribution in [0.4, 0.5) is 5.95 Å². The fourth-order valence-corrected chi connectivity index (χ4v) is 0.879. The Kier molecular flexibility index (Phi) is 3.47. The second-order valence-corrected chi connectivity index (χ2v) is 3.97. The van der Waals surface area contributed by atoms with E-state index in [0.29, 0.717) is 11.7 Å². The average molecular weight is 211 g/mol. The molecule has 0 aromatic carbocycles. The Morgan fingerprint density at radius 1 is 1.40 bits per heavy atom. The van der Waals surface area contributed by atoms with Crippen LogP contribution in [0.15, 0.2) is 12.4 Å². The Morgan fingerprint density at radius 3 is 2.33 bits per heavy atom. The molecule has 1 rings (SSSR count). The Bertz CT molecular complexity index is 309. The molecular formula is C10H17N3O2. The molecule has 84 valence electrons. The first-order valence-electron chi connectivity index (χ1n) is 4.78. The van der Waals surface area contributed by atoms with Crippen LogP contribution in [0.3, 0.4) is 0 Å². The Hall–Kier alpha value is -1.36. The summed E-state index contributed by atoms with van der Waals surface area (Å²) in [4.78, 5) is 8.12. The van der Waals surface area contributed by atoms with Crippen LogP contribution < -0.4 is 10.1 Å². The van der Waals surface area contributed by atoms with Gasteiger partial charge in [-0.25, -0.2) is 9.97 Å². The van der Waals surface area contributed by atoms with Gasteiger partial charge >= 0.3 is 0 Å². The molecule has 0 aliphatic carbocycles. The summed E-state index contributed by atoms with van der Waals surface area (Å²) < 4.78 is 4.94. The number of methoxy groups -OCH3 is 1. The van der Waals surface area contributed by atoms with Crippen LogP contribution >= 0.6 is 0 Å². The lowest BCUT2D eigenvalue weighted by atomic mass is 9.99. The van der Waals surface area contributed by atoms with E-state index in [9.17, 15) is 5.11 Å². The molecule has 1 unspecified atom stereocenters. The summed E-state index contributed by atoms with van der Waals surface area (Å²) in [6, 6.07) is 0. The van der Waals surface area contributed by atoms with Crippen molar-refractivity contribution in [3.05, 3.63) is 12.4 Å². The molecule has 0 radical (unpaired) electrons. The van der Waals surface area contributed by atoms with Gasteiger partial charge in [0, 0.05) is 0 Å². The minimum absolute atomic E-state index is 0.464. The molecule has 0 fully saturated rings. The van der Waals surface area contributed by atoms with Crippen LogP contribution in [0.2, 0.25) is 0 Å². The van der Waals surface area contributed by atoms with Crippen LogP contribution in [0, 0.1) is 0 Å². The number of nitrogens with one attached hydrogen (secondary N) is 1. The van der Waals surface area contributed by atoms with E-state index in [1.54, 1.807) is 26.4 Å². The second kappa shape index (κ2) is 4.44. The minimum atomic E-state index is -0.497. The van der Waals surface area contributed by atoms with Gasteiger partial charge in [-0.05, 0) is 20.8 Å². The number of nitrogens with zero attached hydrogens (tertiary/aromatic N) is 2. The molecule has 1 atom stereocenters. The van der Waals surface area contributed by atoms with E-state index < -0.39 is 11.6 Å². The van der Waals surface area contributed by atoms with E-state index in [1.165, 1.54) is 0 Å². The third-order valence-corrected chi connectivity index (χ3v) is 2.34. The number of aliphatic hydroxyl groups is 1. The van der Waals surface area contributed by atoms with Crippen LogP contribution in [0.25, 0.3) is 0 Å². The maximum atomic E-state index is 9.50. The fraction of sp³-hybridized carbons (Fsp3) is 0.600. The predicted octanol–water partition coefficient (Wildman–Crippen LogP) is 1.06. The summed E-state index contributed by atoms with van der Waals surface area (Å²) in [5, 5.41) is 12.5. The SMILES string of the molecule is COc1cnc(NC(C)(C)C(C)O)nc1. The molecule has 0 aliphatic heterocycles. The Labute approximate surface area is 89.5 Å². The maximum Gasteiger partial charge on any atom is 0.223 e. The normalized spacial score (nSPS) is 13.4. The highest BCUT2D eigenvalue weighted by molar-refractivity contribution is 5.30. The number of aromatic nitrogens is 2. The molecule has 0 aliphatic rings. The summed E-state index contributed by atoms with van der Waals surface area (Å²) in [5.41, 5.74) is -0.464. The molecule has 5 nitrogen and oxygen atoms in total. The zero-order chi connectivity index (χ0) is 11.5. The highest BCUT2D eigenvalue weighted by Crippen LogP contribution is 2.15. The quantitative estimate of drug-likeness (QED) is 0.779. The van der Waals surface area contributed by atoms with E-state index in [4.69, 9.17) is 4.74 Å². The van der Waals surface area contributed by atoms with Gasteiger partial charge in [0.1, 0.15) is 0 Å². The van der Waals surface area contributed by atoms with Crippen molar-refractivity contribution >= 4 is 5.95 Å². The zero-order valence-corrected chi connectivity index (χ0v) is 9.48. The van der Waals surface area contributed by atoms with Crippen LogP contribution in [-0.2, 0) is 0 Å². The van der Waals surface area contributed by atoms with E-state index in [2.05, 4.69) is 15.3 Å².